The molecule has 2 aliphatic rings. The van der Waals surface area contributed by atoms with Crippen LogP contribution >= 0.6 is 23.4 Å². The second-order valence-corrected chi connectivity index (χ2v) is 10.3. The summed E-state index contributed by atoms with van der Waals surface area (Å²) in [6.45, 7) is 6.42. The van der Waals surface area contributed by atoms with Crippen LogP contribution in [0.3, 0.4) is 0 Å². The molecule has 1 N–H and O–H groups in total. The van der Waals surface area contributed by atoms with Crippen molar-refractivity contribution >= 4 is 46.8 Å². The lowest BCUT2D eigenvalue weighted by atomic mass is 9.61. The van der Waals surface area contributed by atoms with Gasteiger partial charge in [0.05, 0.1) is 0 Å². The number of aromatic nitrogens is 1. The number of oxazole rings is 1. The molecule has 1 aliphatic carbocycles. The Morgan fingerprint density at radius 3 is 2.71 bits per heavy atom. The molecule has 0 bridgehead atoms. The quantitative estimate of drug-likeness (QED) is 0.383. The third kappa shape index (κ3) is 5.10. The largest absolute Gasteiger partial charge is 0.447 e. The Balaban J connectivity index is 0.000000168. The van der Waals surface area contributed by atoms with E-state index >= 15 is 0 Å². The maximum Gasteiger partial charge on any atom is 0.298 e. The number of fused-ring (bicyclic) bond motifs is 1. The van der Waals surface area contributed by atoms with Crippen molar-refractivity contribution in [1.29, 1.82) is 0 Å². The number of carbonyl (C=O) groups is 1. The first-order chi connectivity index (χ1) is 14.9. The van der Waals surface area contributed by atoms with Crippen LogP contribution in [0.25, 0.3) is 11.1 Å². The molecule has 1 saturated heterocycles. The molecule has 8 heteroatoms. The van der Waals surface area contributed by atoms with Gasteiger partial charge in [-0.3, -0.25) is 4.79 Å². The van der Waals surface area contributed by atoms with Crippen LogP contribution in [0.5, 0.6) is 0 Å². The van der Waals surface area contributed by atoms with Gasteiger partial charge in [-0.2, -0.15) is 4.98 Å². The number of benzene rings is 1. The molecule has 1 aliphatic heterocycles. The first kappa shape index (κ1) is 22.2. The molecular formula is C23H28ClN3O3S. The van der Waals surface area contributed by atoms with E-state index in [4.69, 9.17) is 20.4 Å². The Bertz CT molecular complexity index is 1030. The minimum atomic E-state index is 0.404. The lowest BCUT2D eigenvalue weighted by Crippen LogP contribution is -2.66. The standard InChI is InChI=1S/C14H16ClN3O.C9H12O2S/c1-16-10-5-14(6-10)7-18(8-14)13-17-11-4-9(15)2-3-12(11)19-13;1-7(2)6-12-9-4-3-8(5-10)11-9/h2-4,10,16H,5-8H2,1H3;3-5,7H,6H2,1-2H3. The first-order valence-electron chi connectivity index (χ1n) is 10.6. The van der Waals surface area contributed by atoms with E-state index in [2.05, 4.69) is 29.0 Å². The van der Waals surface area contributed by atoms with E-state index in [9.17, 15) is 4.79 Å². The summed E-state index contributed by atoms with van der Waals surface area (Å²) in [7, 11) is 2.04. The third-order valence-electron chi connectivity index (χ3n) is 5.71. The van der Waals surface area contributed by atoms with Crippen molar-refractivity contribution in [2.24, 2.45) is 11.3 Å². The van der Waals surface area contributed by atoms with Gasteiger partial charge in [-0.1, -0.05) is 37.2 Å². The average Bonchev–Trinajstić information content (AvgIpc) is 3.31. The van der Waals surface area contributed by atoms with Crippen molar-refractivity contribution < 1.29 is 13.6 Å². The number of anilines is 1. The highest BCUT2D eigenvalue weighted by atomic mass is 35.5. The zero-order valence-corrected chi connectivity index (χ0v) is 19.6. The van der Waals surface area contributed by atoms with Crippen molar-refractivity contribution in [2.75, 3.05) is 30.8 Å². The van der Waals surface area contributed by atoms with Crippen LogP contribution in [0.15, 0.2) is 44.3 Å². The number of halogens is 1. The lowest BCUT2D eigenvalue weighted by molar-refractivity contribution is 0.0486. The molecule has 3 aromatic rings. The van der Waals surface area contributed by atoms with Gasteiger partial charge in [0, 0.05) is 35.3 Å². The van der Waals surface area contributed by atoms with Crippen molar-refractivity contribution in [3.05, 3.63) is 41.1 Å². The zero-order valence-electron chi connectivity index (χ0n) is 18.1. The van der Waals surface area contributed by atoms with Crippen molar-refractivity contribution in [3.8, 4) is 0 Å². The molecule has 31 heavy (non-hydrogen) atoms. The Morgan fingerprint density at radius 2 is 2.06 bits per heavy atom. The zero-order chi connectivity index (χ0) is 22.0. The van der Waals surface area contributed by atoms with Gasteiger partial charge in [-0.05, 0) is 56.1 Å². The number of nitrogens with one attached hydrogen (secondary N) is 1. The number of rotatable bonds is 6. The first-order valence-corrected chi connectivity index (χ1v) is 11.9. The lowest BCUT2D eigenvalue weighted by Gasteiger charge is -2.58. The van der Waals surface area contributed by atoms with E-state index in [-0.39, 0.29) is 0 Å². The molecule has 1 aromatic carbocycles. The van der Waals surface area contributed by atoms with Crippen molar-refractivity contribution in [1.82, 2.24) is 10.3 Å². The van der Waals surface area contributed by atoms with Crippen molar-refractivity contribution in [2.45, 2.75) is 37.8 Å². The summed E-state index contributed by atoms with van der Waals surface area (Å²) in [5.74, 6) is 2.06. The average molecular weight is 462 g/mol. The highest BCUT2D eigenvalue weighted by molar-refractivity contribution is 7.99. The van der Waals surface area contributed by atoms with Gasteiger partial charge in [-0.25, -0.2) is 0 Å². The molecule has 166 valence electrons. The van der Waals surface area contributed by atoms with E-state index in [0.717, 1.165) is 47.3 Å². The van der Waals surface area contributed by atoms with E-state index in [0.29, 0.717) is 28.2 Å². The molecule has 3 heterocycles. The molecule has 1 saturated carbocycles. The number of hydrogen-bond acceptors (Lipinski definition) is 7. The smallest absolute Gasteiger partial charge is 0.298 e. The van der Waals surface area contributed by atoms with Gasteiger partial charge < -0.3 is 19.1 Å². The monoisotopic (exact) mass is 461 g/mol. The van der Waals surface area contributed by atoms with Crippen LogP contribution in [0.2, 0.25) is 5.02 Å². The van der Waals surface area contributed by atoms with Crippen molar-refractivity contribution in [3.63, 3.8) is 0 Å². The molecule has 2 fully saturated rings. The number of aldehydes is 1. The van der Waals surface area contributed by atoms with E-state index in [1.54, 1.807) is 17.8 Å². The summed E-state index contributed by atoms with van der Waals surface area (Å²) in [5, 5.41) is 4.86. The van der Waals surface area contributed by atoms with E-state index in [1.165, 1.54) is 12.8 Å². The third-order valence-corrected chi connectivity index (χ3v) is 7.28. The Labute approximate surface area is 191 Å². The fraction of sp³-hybridized carbons (Fsp3) is 0.478. The second kappa shape index (κ2) is 9.27. The predicted octanol–water partition coefficient (Wildman–Crippen LogP) is 5.51. The van der Waals surface area contributed by atoms with Crippen LogP contribution in [-0.2, 0) is 0 Å². The SMILES string of the molecule is CC(C)CSc1ccc(C=O)o1.CNC1CC2(C1)CN(c1nc3cc(Cl)ccc3o1)C2. The maximum atomic E-state index is 10.3. The molecule has 1 spiro atoms. The molecule has 6 nitrogen and oxygen atoms in total. The van der Waals surface area contributed by atoms with Crippen LogP contribution in [0.1, 0.15) is 37.2 Å². The highest BCUT2D eigenvalue weighted by Crippen LogP contribution is 2.49. The maximum absolute atomic E-state index is 10.3. The Morgan fingerprint density at radius 1 is 1.29 bits per heavy atom. The van der Waals surface area contributed by atoms with Crippen LogP contribution < -0.4 is 10.2 Å². The van der Waals surface area contributed by atoms with Gasteiger partial charge >= 0.3 is 0 Å². The molecule has 5 rings (SSSR count). The van der Waals surface area contributed by atoms with Gasteiger partial charge in [0.1, 0.15) is 5.52 Å². The molecule has 2 aromatic heterocycles. The van der Waals surface area contributed by atoms with Crippen LogP contribution in [0, 0.1) is 11.3 Å². The van der Waals surface area contributed by atoms with Gasteiger partial charge in [0.25, 0.3) is 6.01 Å². The molecule has 0 radical (unpaired) electrons. The topological polar surface area (TPSA) is 71.5 Å². The molecule has 0 unspecified atom stereocenters. The predicted molar refractivity (Wildman–Crippen MR) is 125 cm³/mol. The Hall–Kier alpha value is -1.96. The van der Waals surface area contributed by atoms with Gasteiger partial charge in [-0.15, -0.1) is 0 Å². The van der Waals surface area contributed by atoms with E-state index < -0.39 is 0 Å². The summed E-state index contributed by atoms with van der Waals surface area (Å²) in [6, 6.07) is 10.5. The number of hydrogen-bond donors (Lipinski definition) is 1. The minimum absolute atomic E-state index is 0.404. The van der Waals surface area contributed by atoms with Gasteiger partial charge in [0.15, 0.2) is 22.7 Å². The Kier molecular flexibility index (Phi) is 6.65. The molecule has 0 amide bonds. The minimum Gasteiger partial charge on any atom is -0.447 e. The number of thioether (sulfide) groups is 1. The summed E-state index contributed by atoms with van der Waals surface area (Å²) < 4.78 is 11.0. The van der Waals surface area contributed by atoms with Gasteiger partial charge in [0.2, 0.25) is 0 Å². The number of furan rings is 1. The molecular weight excluding hydrogens is 434 g/mol. The summed E-state index contributed by atoms with van der Waals surface area (Å²) in [4.78, 5) is 17.0. The number of nitrogens with zero attached hydrogens (tertiary/aromatic N) is 2. The second-order valence-electron chi connectivity index (χ2n) is 8.84. The number of carbonyl (C=O) groups excluding carboxylic acids is 1. The van der Waals surface area contributed by atoms with Crippen LogP contribution in [-0.4, -0.2) is 43.2 Å². The van der Waals surface area contributed by atoms with Crippen LogP contribution in [0.4, 0.5) is 6.01 Å². The summed E-state index contributed by atoms with van der Waals surface area (Å²) in [5.41, 5.74) is 2.15. The normalized spacial score (nSPS) is 17.4. The fourth-order valence-electron chi connectivity index (χ4n) is 4.09. The fourth-order valence-corrected chi connectivity index (χ4v) is 5.08. The summed E-state index contributed by atoms with van der Waals surface area (Å²) in [6.07, 6.45) is 3.26. The van der Waals surface area contributed by atoms with E-state index in [1.807, 2.05) is 31.3 Å². The summed E-state index contributed by atoms with van der Waals surface area (Å²) >= 11 is 7.60. The highest BCUT2D eigenvalue weighted by Gasteiger charge is 2.52. The molecule has 0 atom stereocenters.